The number of benzene rings is 3. The van der Waals surface area contributed by atoms with E-state index in [2.05, 4.69) is 11.4 Å². The monoisotopic (exact) mass is 429 g/mol. The van der Waals surface area contributed by atoms with Crippen molar-refractivity contribution in [3.63, 3.8) is 0 Å². The van der Waals surface area contributed by atoms with Crippen molar-refractivity contribution in [2.24, 2.45) is 0 Å². The maximum atomic E-state index is 13.9. The topological polar surface area (TPSA) is 52.7 Å². The number of anilines is 2. The molecule has 1 unspecified atom stereocenters. The third kappa shape index (κ3) is 3.27. The molecule has 2 aliphatic heterocycles. The summed E-state index contributed by atoms with van der Waals surface area (Å²) in [6.07, 6.45) is 0. The van der Waals surface area contributed by atoms with Crippen LogP contribution < -0.4 is 10.2 Å². The lowest BCUT2D eigenvalue weighted by atomic mass is 10.1. The van der Waals surface area contributed by atoms with Crippen molar-refractivity contribution in [2.75, 3.05) is 22.5 Å². The molecule has 1 spiro atoms. The first-order valence-electron chi connectivity index (χ1n) is 10.3. The van der Waals surface area contributed by atoms with Crippen molar-refractivity contribution in [1.29, 1.82) is 0 Å². The number of hydrogen-bond donors (Lipinski definition) is 1. The number of rotatable bonds is 3. The van der Waals surface area contributed by atoms with Crippen LogP contribution in [0.1, 0.15) is 16.7 Å². The van der Waals surface area contributed by atoms with Crippen LogP contribution in [0.3, 0.4) is 0 Å². The van der Waals surface area contributed by atoms with Crippen molar-refractivity contribution in [2.45, 2.75) is 18.3 Å². The van der Waals surface area contributed by atoms with E-state index >= 15 is 0 Å². The summed E-state index contributed by atoms with van der Waals surface area (Å²) in [6, 6.07) is 25.1. The first-order valence-corrected chi connectivity index (χ1v) is 11.3. The highest BCUT2D eigenvalue weighted by atomic mass is 32.2. The highest BCUT2D eigenvalue weighted by Gasteiger charge is 2.59. The van der Waals surface area contributed by atoms with Crippen LogP contribution in [0, 0.1) is 6.92 Å². The second-order valence-electron chi connectivity index (χ2n) is 7.84. The molecule has 0 bridgehead atoms. The molecule has 2 aliphatic rings. The Labute approximate surface area is 186 Å². The summed E-state index contributed by atoms with van der Waals surface area (Å²) in [7, 11) is 0. The Morgan fingerprint density at radius 1 is 1.03 bits per heavy atom. The van der Waals surface area contributed by atoms with Crippen LogP contribution in [0.15, 0.2) is 78.9 Å². The molecule has 156 valence electrons. The SMILES string of the molecule is Cc1cccc(CN2C(=O)C3(SCCN3C(=O)Nc3ccccc3)c3ccccc32)c1. The molecule has 0 saturated carbocycles. The molecule has 0 radical (unpaired) electrons. The highest BCUT2D eigenvalue weighted by molar-refractivity contribution is 8.01. The molecule has 1 fully saturated rings. The molecule has 5 nitrogen and oxygen atoms in total. The second kappa shape index (κ2) is 7.78. The van der Waals surface area contributed by atoms with Gasteiger partial charge in [-0.05, 0) is 30.7 Å². The van der Waals surface area contributed by atoms with Gasteiger partial charge in [0.1, 0.15) is 0 Å². The predicted octanol–water partition coefficient (Wildman–Crippen LogP) is 4.98. The number of urea groups is 1. The molecule has 0 aromatic heterocycles. The zero-order valence-electron chi connectivity index (χ0n) is 17.2. The lowest BCUT2D eigenvalue weighted by Gasteiger charge is -2.33. The average molecular weight is 430 g/mol. The fourth-order valence-electron chi connectivity index (χ4n) is 4.43. The van der Waals surface area contributed by atoms with Gasteiger partial charge in [0.05, 0.1) is 12.2 Å². The Hall–Kier alpha value is -3.25. The van der Waals surface area contributed by atoms with Crippen LogP contribution in [0.4, 0.5) is 16.2 Å². The third-order valence-corrected chi connectivity index (χ3v) is 7.21. The number of carbonyl (C=O) groups excluding carboxylic acids is 2. The molecule has 3 aromatic carbocycles. The Morgan fingerprint density at radius 3 is 2.61 bits per heavy atom. The van der Waals surface area contributed by atoms with Gasteiger partial charge < -0.3 is 10.2 Å². The van der Waals surface area contributed by atoms with E-state index in [9.17, 15) is 9.59 Å². The lowest BCUT2D eigenvalue weighted by Crippen LogP contribution is -2.51. The van der Waals surface area contributed by atoms with E-state index in [4.69, 9.17) is 0 Å². The van der Waals surface area contributed by atoms with Crippen molar-refractivity contribution in [3.05, 3.63) is 95.6 Å². The van der Waals surface area contributed by atoms with Crippen molar-refractivity contribution in [3.8, 4) is 0 Å². The smallest absolute Gasteiger partial charge is 0.308 e. The molecule has 5 rings (SSSR count). The van der Waals surface area contributed by atoms with Gasteiger partial charge in [0.2, 0.25) is 0 Å². The Kier molecular flexibility index (Phi) is 4.94. The van der Waals surface area contributed by atoms with Crippen LogP contribution in [0.2, 0.25) is 0 Å². The lowest BCUT2D eigenvalue weighted by molar-refractivity contribution is -0.123. The van der Waals surface area contributed by atoms with Gasteiger partial charge in [0.25, 0.3) is 5.91 Å². The number of aryl methyl sites for hydroxylation is 1. The predicted molar refractivity (Wildman–Crippen MR) is 125 cm³/mol. The molecule has 3 aromatic rings. The zero-order chi connectivity index (χ0) is 21.4. The van der Waals surface area contributed by atoms with E-state index in [1.165, 1.54) is 0 Å². The maximum absolute atomic E-state index is 13.9. The maximum Gasteiger partial charge on any atom is 0.323 e. The summed E-state index contributed by atoms with van der Waals surface area (Å²) >= 11 is 1.54. The quantitative estimate of drug-likeness (QED) is 0.639. The Balaban J connectivity index is 1.52. The van der Waals surface area contributed by atoms with Crippen molar-refractivity contribution >= 4 is 35.1 Å². The van der Waals surface area contributed by atoms with E-state index in [1.807, 2.05) is 84.6 Å². The molecule has 6 heteroatoms. The van der Waals surface area contributed by atoms with Gasteiger partial charge in [0, 0.05) is 23.5 Å². The summed E-state index contributed by atoms with van der Waals surface area (Å²) < 4.78 is 0. The minimum atomic E-state index is -1.03. The van der Waals surface area contributed by atoms with Crippen LogP contribution in [-0.2, 0) is 16.2 Å². The van der Waals surface area contributed by atoms with Crippen LogP contribution in [0.5, 0.6) is 0 Å². The molecular weight excluding hydrogens is 406 g/mol. The van der Waals surface area contributed by atoms with Crippen LogP contribution in [-0.4, -0.2) is 29.1 Å². The van der Waals surface area contributed by atoms with E-state index in [-0.39, 0.29) is 11.9 Å². The van der Waals surface area contributed by atoms with E-state index < -0.39 is 4.87 Å². The first-order chi connectivity index (χ1) is 15.1. The Morgan fingerprint density at radius 2 is 1.81 bits per heavy atom. The Bertz CT molecular complexity index is 1150. The number of amides is 3. The summed E-state index contributed by atoms with van der Waals surface area (Å²) in [6.45, 7) is 3.04. The second-order valence-corrected chi connectivity index (χ2v) is 9.13. The van der Waals surface area contributed by atoms with Crippen molar-refractivity contribution in [1.82, 2.24) is 4.90 Å². The summed E-state index contributed by atoms with van der Waals surface area (Å²) in [5.74, 6) is 0.654. The minimum absolute atomic E-state index is 0.0547. The van der Waals surface area contributed by atoms with E-state index in [0.29, 0.717) is 18.8 Å². The fourth-order valence-corrected chi connectivity index (χ4v) is 5.89. The molecule has 2 heterocycles. The number of nitrogens with zero attached hydrogens (tertiary/aromatic N) is 2. The number of thioether (sulfide) groups is 1. The average Bonchev–Trinajstić information content (AvgIpc) is 3.32. The van der Waals surface area contributed by atoms with Gasteiger partial charge in [-0.25, -0.2) is 4.79 Å². The summed E-state index contributed by atoms with van der Waals surface area (Å²) in [5.41, 5.74) is 4.71. The number of carbonyl (C=O) groups is 2. The molecule has 1 atom stereocenters. The minimum Gasteiger partial charge on any atom is -0.308 e. The van der Waals surface area contributed by atoms with Crippen molar-refractivity contribution < 1.29 is 9.59 Å². The highest BCUT2D eigenvalue weighted by Crippen LogP contribution is 2.54. The summed E-state index contributed by atoms with van der Waals surface area (Å²) in [5, 5.41) is 2.96. The van der Waals surface area contributed by atoms with Gasteiger partial charge in [-0.1, -0.05) is 66.2 Å². The van der Waals surface area contributed by atoms with E-state index in [1.54, 1.807) is 16.7 Å². The molecule has 0 aliphatic carbocycles. The van der Waals surface area contributed by atoms with Gasteiger partial charge in [-0.2, -0.15) is 0 Å². The number of nitrogens with one attached hydrogen (secondary N) is 1. The van der Waals surface area contributed by atoms with Crippen LogP contribution >= 0.6 is 11.8 Å². The van der Waals surface area contributed by atoms with Gasteiger partial charge in [-0.15, -0.1) is 11.8 Å². The number of hydrogen-bond acceptors (Lipinski definition) is 3. The molecular formula is C25H23N3O2S. The third-order valence-electron chi connectivity index (χ3n) is 5.79. The molecule has 3 amide bonds. The van der Waals surface area contributed by atoms with E-state index in [0.717, 1.165) is 28.1 Å². The molecule has 1 saturated heterocycles. The van der Waals surface area contributed by atoms with Crippen LogP contribution in [0.25, 0.3) is 0 Å². The number of fused-ring (bicyclic) bond motifs is 2. The molecule has 31 heavy (non-hydrogen) atoms. The molecule has 1 N–H and O–H groups in total. The fraction of sp³-hybridized carbons (Fsp3) is 0.200. The van der Waals surface area contributed by atoms with Gasteiger partial charge in [0.15, 0.2) is 4.87 Å². The standard InChI is InChI=1S/C25H23N3O2S/c1-18-8-7-9-19(16-18)17-27-22-13-6-5-12-21(22)25(23(27)29)28(14-15-31-25)24(30)26-20-10-3-2-4-11-20/h2-13,16H,14-15,17H2,1H3,(H,26,30). The number of para-hydroxylation sites is 2. The van der Waals surface area contributed by atoms with Gasteiger partial charge in [-0.3, -0.25) is 9.69 Å². The van der Waals surface area contributed by atoms with Gasteiger partial charge >= 0.3 is 6.03 Å². The first kappa shape index (κ1) is 19.7. The largest absolute Gasteiger partial charge is 0.323 e. The summed E-state index contributed by atoms with van der Waals surface area (Å²) in [4.78, 5) is 29.7. The normalized spacial score (nSPS) is 19.7. The zero-order valence-corrected chi connectivity index (χ0v) is 18.1.